The molecule has 18 heavy (non-hydrogen) atoms. The Bertz CT molecular complexity index is 322. The molecule has 2 nitrogen and oxygen atoms in total. The maximum Gasteiger partial charge on any atom is 0.0563 e. The van der Waals surface area contributed by atoms with Crippen molar-refractivity contribution in [2.75, 3.05) is 12.4 Å². The Balaban J connectivity index is 2.27. The highest BCUT2D eigenvalue weighted by atomic mass is 32.2. The van der Waals surface area contributed by atoms with Crippen LogP contribution in [0.1, 0.15) is 33.3 Å². The Morgan fingerprint density at radius 2 is 1.78 bits per heavy atom. The molecule has 102 valence electrons. The van der Waals surface area contributed by atoms with Crippen LogP contribution in [0.15, 0.2) is 29.2 Å². The van der Waals surface area contributed by atoms with Gasteiger partial charge >= 0.3 is 0 Å². The smallest absolute Gasteiger partial charge is 0.0563 e. The largest absolute Gasteiger partial charge is 0.378 e. The molecule has 0 heterocycles. The summed E-state index contributed by atoms with van der Waals surface area (Å²) in [5, 5.41) is 3.42. The topological polar surface area (TPSA) is 21.3 Å². The lowest BCUT2D eigenvalue weighted by molar-refractivity contribution is 0.0920. The molecule has 0 fully saturated rings. The van der Waals surface area contributed by atoms with Gasteiger partial charge in [-0.05, 0) is 31.5 Å². The minimum absolute atomic E-state index is 0.329. The van der Waals surface area contributed by atoms with Gasteiger partial charge in [0.2, 0.25) is 0 Å². The second kappa shape index (κ2) is 8.57. The first-order valence-corrected chi connectivity index (χ1v) is 7.63. The molecule has 0 amide bonds. The van der Waals surface area contributed by atoms with E-state index in [-0.39, 0.29) is 0 Å². The maximum absolute atomic E-state index is 5.52. The molecule has 0 atom stereocenters. The third-order valence-electron chi connectivity index (χ3n) is 2.44. The molecule has 1 aromatic rings. The quantitative estimate of drug-likeness (QED) is 0.573. The summed E-state index contributed by atoms with van der Waals surface area (Å²) in [5.41, 5.74) is 1.34. The third kappa shape index (κ3) is 7.04. The van der Waals surface area contributed by atoms with Gasteiger partial charge < -0.3 is 10.1 Å². The molecule has 0 aliphatic carbocycles. The van der Waals surface area contributed by atoms with Crippen molar-refractivity contribution in [2.45, 2.75) is 51.3 Å². The van der Waals surface area contributed by atoms with Gasteiger partial charge in [-0.1, -0.05) is 26.0 Å². The molecule has 0 saturated carbocycles. The second-order valence-electron chi connectivity index (χ2n) is 4.95. The molecular weight excluding hydrogens is 242 g/mol. The number of ether oxygens (including phenoxy) is 1. The van der Waals surface area contributed by atoms with Crippen molar-refractivity contribution in [2.24, 2.45) is 0 Å². The predicted molar refractivity (Wildman–Crippen MR) is 80.2 cm³/mol. The van der Waals surface area contributed by atoms with E-state index in [4.69, 9.17) is 4.74 Å². The van der Waals surface area contributed by atoms with Crippen molar-refractivity contribution >= 4 is 11.8 Å². The summed E-state index contributed by atoms with van der Waals surface area (Å²) in [7, 11) is 0. The van der Waals surface area contributed by atoms with E-state index in [1.807, 2.05) is 11.8 Å². The van der Waals surface area contributed by atoms with Crippen molar-refractivity contribution in [3.05, 3.63) is 29.8 Å². The maximum atomic E-state index is 5.52. The number of hydrogen-bond donors (Lipinski definition) is 1. The lowest BCUT2D eigenvalue weighted by Gasteiger charge is -2.09. The van der Waals surface area contributed by atoms with Gasteiger partial charge in [-0.2, -0.15) is 0 Å². The van der Waals surface area contributed by atoms with Crippen molar-refractivity contribution in [3.8, 4) is 0 Å². The lowest BCUT2D eigenvalue weighted by Crippen LogP contribution is -2.21. The molecule has 0 spiro atoms. The highest BCUT2D eigenvalue weighted by Gasteiger charge is 1.98. The Hall–Kier alpha value is -0.510. The number of thioether (sulfide) groups is 1. The zero-order valence-electron chi connectivity index (χ0n) is 11.9. The molecule has 3 heteroatoms. The van der Waals surface area contributed by atoms with Crippen LogP contribution in [0.3, 0.4) is 0 Å². The summed E-state index contributed by atoms with van der Waals surface area (Å²) in [4.78, 5) is 1.32. The average Bonchev–Trinajstić information content (AvgIpc) is 2.33. The molecule has 1 N–H and O–H groups in total. The van der Waals surface area contributed by atoms with Gasteiger partial charge in [-0.15, -0.1) is 11.8 Å². The fourth-order valence-corrected chi connectivity index (χ4v) is 2.21. The van der Waals surface area contributed by atoms with Crippen LogP contribution in [-0.2, 0) is 11.3 Å². The van der Waals surface area contributed by atoms with Crippen molar-refractivity contribution < 1.29 is 4.74 Å². The monoisotopic (exact) mass is 267 g/mol. The molecule has 1 rings (SSSR count). The van der Waals surface area contributed by atoms with E-state index < -0.39 is 0 Å². The standard InChI is InChI=1S/C15H25NOS/c1-12(2)16-11-14-5-7-15(8-6-14)18-10-9-17-13(3)4/h5-8,12-13,16H,9-11H2,1-4H3. The highest BCUT2D eigenvalue weighted by Crippen LogP contribution is 2.18. The summed E-state index contributed by atoms with van der Waals surface area (Å²) >= 11 is 1.85. The minimum atomic E-state index is 0.329. The zero-order chi connectivity index (χ0) is 13.4. The zero-order valence-corrected chi connectivity index (χ0v) is 12.7. The SMILES string of the molecule is CC(C)NCc1ccc(SCCOC(C)C)cc1. The van der Waals surface area contributed by atoms with Gasteiger partial charge in [0.1, 0.15) is 0 Å². The lowest BCUT2D eigenvalue weighted by atomic mass is 10.2. The summed E-state index contributed by atoms with van der Waals surface area (Å²) < 4.78 is 5.52. The van der Waals surface area contributed by atoms with E-state index in [1.54, 1.807) is 0 Å². The van der Waals surface area contributed by atoms with Crippen LogP contribution in [0.5, 0.6) is 0 Å². The average molecular weight is 267 g/mol. The second-order valence-corrected chi connectivity index (χ2v) is 6.12. The van der Waals surface area contributed by atoms with Crippen LogP contribution in [0.25, 0.3) is 0 Å². The van der Waals surface area contributed by atoms with E-state index in [9.17, 15) is 0 Å². The van der Waals surface area contributed by atoms with Crippen molar-refractivity contribution in [1.29, 1.82) is 0 Å². The van der Waals surface area contributed by atoms with Crippen LogP contribution >= 0.6 is 11.8 Å². The van der Waals surface area contributed by atoms with E-state index in [0.717, 1.165) is 18.9 Å². The van der Waals surface area contributed by atoms with Crippen molar-refractivity contribution in [3.63, 3.8) is 0 Å². The molecule has 0 saturated heterocycles. The molecule has 0 aliphatic rings. The third-order valence-corrected chi connectivity index (χ3v) is 3.42. The highest BCUT2D eigenvalue weighted by molar-refractivity contribution is 7.99. The van der Waals surface area contributed by atoms with Crippen LogP contribution in [0.4, 0.5) is 0 Å². The molecule has 0 radical (unpaired) electrons. The molecule has 0 aromatic heterocycles. The molecule has 0 bridgehead atoms. The molecular formula is C15H25NOS. The Labute approximate surface area is 116 Å². The van der Waals surface area contributed by atoms with Crippen LogP contribution < -0.4 is 5.32 Å². The summed E-state index contributed by atoms with van der Waals surface area (Å²) in [5.74, 6) is 1.02. The van der Waals surface area contributed by atoms with Gasteiger partial charge in [0.05, 0.1) is 12.7 Å². The Kier molecular flexibility index (Phi) is 7.40. The van der Waals surface area contributed by atoms with Gasteiger partial charge in [-0.3, -0.25) is 0 Å². The van der Waals surface area contributed by atoms with Gasteiger partial charge in [0.25, 0.3) is 0 Å². The van der Waals surface area contributed by atoms with Crippen molar-refractivity contribution in [1.82, 2.24) is 5.32 Å². The number of nitrogens with one attached hydrogen (secondary N) is 1. The van der Waals surface area contributed by atoms with Crippen LogP contribution in [-0.4, -0.2) is 24.5 Å². The van der Waals surface area contributed by atoms with E-state index in [0.29, 0.717) is 12.1 Å². The molecule has 1 aromatic carbocycles. The van der Waals surface area contributed by atoms with Gasteiger partial charge in [0, 0.05) is 23.2 Å². The molecule has 0 unspecified atom stereocenters. The fourth-order valence-electron chi connectivity index (χ4n) is 1.47. The first-order chi connectivity index (χ1) is 8.58. The van der Waals surface area contributed by atoms with E-state index in [1.165, 1.54) is 10.5 Å². The summed E-state index contributed by atoms with van der Waals surface area (Å²) in [6.45, 7) is 10.2. The van der Waals surface area contributed by atoms with Crippen LogP contribution in [0, 0.1) is 0 Å². The number of benzene rings is 1. The van der Waals surface area contributed by atoms with Crippen LogP contribution in [0.2, 0.25) is 0 Å². The number of hydrogen-bond acceptors (Lipinski definition) is 3. The predicted octanol–water partition coefficient (Wildman–Crippen LogP) is 3.70. The number of rotatable bonds is 8. The van der Waals surface area contributed by atoms with Gasteiger partial charge in [-0.25, -0.2) is 0 Å². The summed E-state index contributed by atoms with van der Waals surface area (Å²) in [6.07, 6.45) is 0.329. The Morgan fingerprint density at radius 3 is 2.33 bits per heavy atom. The first-order valence-electron chi connectivity index (χ1n) is 6.64. The molecule has 0 aliphatic heterocycles. The minimum Gasteiger partial charge on any atom is -0.378 e. The van der Waals surface area contributed by atoms with E-state index >= 15 is 0 Å². The Morgan fingerprint density at radius 1 is 1.11 bits per heavy atom. The van der Waals surface area contributed by atoms with E-state index in [2.05, 4.69) is 57.3 Å². The van der Waals surface area contributed by atoms with Gasteiger partial charge in [0.15, 0.2) is 0 Å². The fraction of sp³-hybridized carbons (Fsp3) is 0.600. The first kappa shape index (κ1) is 15.5. The summed E-state index contributed by atoms with van der Waals surface area (Å²) in [6, 6.07) is 9.31. The normalized spacial score (nSPS) is 11.4.